The average Bonchev–Trinajstić information content (AvgIpc) is 2.67. The van der Waals surface area contributed by atoms with Gasteiger partial charge in [0.25, 0.3) is 0 Å². The van der Waals surface area contributed by atoms with Gasteiger partial charge in [-0.2, -0.15) is 0 Å². The van der Waals surface area contributed by atoms with Crippen molar-refractivity contribution in [2.24, 2.45) is 11.8 Å². The lowest BCUT2D eigenvalue weighted by molar-refractivity contribution is -0.144. The first-order valence-corrected chi connectivity index (χ1v) is 6.30. The monoisotopic (exact) mass is 231 g/mol. The average molecular weight is 231 g/mol. The number of carboxylic acid groups (broad SMARTS) is 1. The molecule has 17 heavy (non-hydrogen) atoms. The molecule has 1 N–H and O–H groups in total. The molecule has 1 heterocycles. The van der Waals surface area contributed by atoms with Gasteiger partial charge >= 0.3 is 5.97 Å². The molecule has 1 aliphatic heterocycles. The van der Waals surface area contributed by atoms with Gasteiger partial charge in [0.05, 0.1) is 5.92 Å². The summed E-state index contributed by atoms with van der Waals surface area (Å²) in [7, 11) is 0. The Kier molecular flexibility index (Phi) is 2.54. The summed E-state index contributed by atoms with van der Waals surface area (Å²) in [4.78, 5) is 13.6. The number of para-hydroxylation sites is 1. The Hall–Kier alpha value is -1.51. The van der Waals surface area contributed by atoms with E-state index in [9.17, 15) is 9.90 Å². The topological polar surface area (TPSA) is 40.5 Å². The Morgan fingerprint density at radius 1 is 1.24 bits per heavy atom. The van der Waals surface area contributed by atoms with Crippen LogP contribution in [-0.2, 0) is 4.79 Å². The van der Waals surface area contributed by atoms with E-state index >= 15 is 0 Å². The molecule has 0 radical (unpaired) electrons. The van der Waals surface area contributed by atoms with E-state index in [2.05, 4.69) is 17.0 Å². The number of aliphatic carboxylic acids is 1. The highest BCUT2D eigenvalue weighted by molar-refractivity contribution is 5.71. The van der Waals surface area contributed by atoms with E-state index in [1.165, 1.54) is 5.69 Å². The van der Waals surface area contributed by atoms with Crippen LogP contribution in [0.3, 0.4) is 0 Å². The maximum absolute atomic E-state index is 11.2. The second-order valence-corrected chi connectivity index (χ2v) is 5.16. The van der Waals surface area contributed by atoms with Gasteiger partial charge < -0.3 is 10.0 Å². The Morgan fingerprint density at radius 3 is 2.71 bits per heavy atom. The normalized spacial score (nSPS) is 31.5. The molecule has 2 aliphatic rings. The molecular weight excluding hydrogens is 214 g/mol. The number of carbonyl (C=O) groups is 1. The van der Waals surface area contributed by atoms with E-state index < -0.39 is 5.97 Å². The highest BCUT2D eigenvalue weighted by Gasteiger charge is 2.43. The molecule has 3 atom stereocenters. The highest BCUT2D eigenvalue weighted by atomic mass is 16.4. The molecule has 1 saturated heterocycles. The maximum Gasteiger partial charge on any atom is 0.306 e. The van der Waals surface area contributed by atoms with Crippen LogP contribution < -0.4 is 4.90 Å². The SMILES string of the molecule is O=C(O)C1CCC2CC1CN2c1ccccc1. The fraction of sp³-hybridized carbons (Fsp3) is 0.500. The predicted octanol–water partition coefficient (Wildman–Crippen LogP) is 2.38. The smallest absolute Gasteiger partial charge is 0.306 e. The van der Waals surface area contributed by atoms with Crippen molar-refractivity contribution in [3.63, 3.8) is 0 Å². The lowest BCUT2D eigenvalue weighted by Gasteiger charge is -2.27. The van der Waals surface area contributed by atoms with Crippen LogP contribution in [-0.4, -0.2) is 23.7 Å². The fourth-order valence-corrected chi connectivity index (χ4v) is 3.39. The summed E-state index contributed by atoms with van der Waals surface area (Å²) in [6.07, 6.45) is 2.90. The second kappa shape index (κ2) is 4.06. The summed E-state index contributed by atoms with van der Waals surface area (Å²) in [5, 5.41) is 9.20. The molecule has 3 nitrogen and oxygen atoms in total. The van der Waals surface area contributed by atoms with E-state index in [0.717, 1.165) is 25.8 Å². The van der Waals surface area contributed by atoms with Gasteiger partial charge in [0.15, 0.2) is 0 Å². The third-order valence-electron chi connectivity index (χ3n) is 4.23. The zero-order chi connectivity index (χ0) is 11.8. The molecule has 3 heteroatoms. The number of carboxylic acids is 1. The minimum absolute atomic E-state index is 0.125. The molecule has 0 spiro atoms. The Labute approximate surface area is 101 Å². The molecule has 0 amide bonds. The van der Waals surface area contributed by atoms with Crippen molar-refractivity contribution in [2.45, 2.75) is 25.3 Å². The number of fused-ring (bicyclic) bond motifs is 2. The van der Waals surface area contributed by atoms with Crippen LogP contribution in [0.1, 0.15) is 19.3 Å². The zero-order valence-electron chi connectivity index (χ0n) is 9.75. The minimum atomic E-state index is -0.608. The number of hydrogen-bond donors (Lipinski definition) is 1. The van der Waals surface area contributed by atoms with Gasteiger partial charge in [0.2, 0.25) is 0 Å². The van der Waals surface area contributed by atoms with Gasteiger partial charge in [0.1, 0.15) is 0 Å². The fourth-order valence-electron chi connectivity index (χ4n) is 3.39. The quantitative estimate of drug-likeness (QED) is 0.849. The summed E-state index contributed by atoms with van der Waals surface area (Å²) < 4.78 is 0. The highest BCUT2D eigenvalue weighted by Crippen LogP contribution is 2.41. The molecule has 2 fully saturated rings. The van der Waals surface area contributed by atoms with Crippen molar-refractivity contribution in [1.82, 2.24) is 0 Å². The molecule has 0 aromatic heterocycles. The van der Waals surface area contributed by atoms with Crippen LogP contribution in [0.2, 0.25) is 0 Å². The van der Waals surface area contributed by atoms with Gasteiger partial charge in [-0.1, -0.05) is 18.2 Å². The van der Waals surface area contributed by atoms with E-state index in [-0.39, 0.29) is 5.92 Å². The molecule has 2 bridgehead atoms. The van der Waals surface area contributed by atoms with Crippen LogP contribution in [0, 0.1) is 11.8 Å². The molecular formula is C14H17NO2. The van der Waals surface area contributed by atoms with Crippen LogP contribution in [0.25, 0.3) is 0 Å². The molecule has 1 aromatic rings. The number of nitrogens with zero attached hydrogens (tertiary/aromatic N) is 1. The van der Waals surface area contributed by atoms with Gasteiger partial charge in [-0.05, 0) is 37.3 Å². The van der Waals surface area contributed by atoms with Crippen LogP contribution >= 0.6 is 0 Å². The molecule has 3 unspecified atom stereocenters. The van der Waals surface area contributed by atoms with Crippen LogP contribution in [0.15, 0.2) is 30.3 Å². The molecule has 1 saturated carbocycles. The lowest BCUT2D eigenvalue weighted by Crippen LogP contribution is -2.29. The number of hydrogen-bond acceptors (Lipinski definition) is 2. The number of anilines is 1. The van der Waals surface area contributed by atoms with Gasteiger partial charge in [-0.3, -0.25) is 4.79 Å². The van der Waals surface area contributed by atoms with Crippen molar-refractivity contribution in [3.05, 3.63) is 30.3 Å². The number of benzene rings is 1. The second-order valence-electron chi connectivity index (χ2n) is 5.16. The summed E-state index contributed by atoms with van der Waals surface area (Å²) in [5.74, 6) is -0.394. The zero-order valence-corrected chi connectivity index (χ0v) is 9.75. The number of rotatable bonds is 2. The van der Waals surface area contributed by atoms with Crippen molar-refractivity contribution in [3.8, 4) is 0 Å². The Bertz CT molecular complexity index is 417. The maximum atomic E-state index is 11.2. The first-order valence-electron chi connectivity index (χ1n) is 6.30. The van der Waals surface area contributed by atoms with Crippen molar-refractivity contribution in [1.29, 1.82) is 0 Å². The standard InChI is InChI=1S/C14H17NO2/c16-14(17)13-7-6-12-8-10(13)9-15(12)11-4-2-1-3-5-11/h1-5,10,12-13H,6-9H2,(H,16,17). The van der Waals surface area contributed by atoms with Crippen LogP contribution in [0.5, 0.6) is 0 Å². The largest absolute Gasteiger partial charge is 0.481 e. The third kappa shape index (κ3) is 1.79. The Balaban J connectivity index is 1.81. The molecule has 1 aliphatic carbocycles. The summed E-state index contributed by atoms with van der Waals surface area (Å²) in [5.41, 5.74) is 1.24. The first-order chi connectivity index (χ1) is 8.25. The van der Waals surface area contributed by atoms with Crippen LogP contribution in [0.4, 0.5) is 5.69 Å². The predicted molar refractivity (Wildman–Crippen MR) is 66.0 cm³/mol. The first kappa shape index (κ1) is 10.6. The Morgan fingerprint density at radius 2 is 2.00 bits per heavy atom. The molecule has 1 aromatic carbocycles. The molecule has 3 rings (SSSR count). The minimum Gasteiger partial charge on any atom is -0.481 e. The lowest BCUT2D eigenvalue weighted by atomic mass is 9.80. The van der Waals surface area contributed by atoms with E-state index in [0.29, 0.717) is 12.0 Å². The van der Waals surface area contributed by atoms with Gasteiger partial charge in [0, 0.05) is 18.3 Å². The van der Waals surface area contributed by atoms with Crippen molar-refractivity contribution < 1.29 is 9.90 Å². The van der Waals surface area contributed by atoms with Crippen molar-refractivity contribution >= 4 is 11.7 Å². The van der Waals surface area contributed by atoms with E-state index in [4.69, 9.17) is 0 Å². The summed E-state index contributed by atoms with van der Waals surface area (Å²) in [6.45, 7) is 0.908. The van der Waals surface area contributed by atoms with Crippen molar-refractivity contribution in [2.75, 3.05) is 11.4 Å². The molecule has 90 valence electrons. The summed E-state index contributed by atoms with van der Waals surface area (Å²) >= 11 is 0. The third-order valence-corrected chi connectivity index (χ3v) is 4.23. The van der Waals surface area contributed by atoms with Gasteiger partial charge in [-0.15, -0.1) is 0 Å². The van der Waals surface area contributed by atoms with E-state index in [1.807, 2.05) is 18.2 Å². The van der Waals surface area contributed by atoms with Gasteiger partial charge in [-0.25, -0.2) is 0 Å². The summed E-state index contributed by atoms with van der Waals surface area (Å²) in [6, 6.07) is 10.9. The van der Waals surface area contributed by atoms with E-state index in [1.54, 1.807) is 0 Å².